The highest BCUT2D eigenvalue weighted by Gasteiger charge is 2.58. The molecule has 1 aromatic rings. The number of amides is 1. The van der Waals surface area contributed by atoms with Crippen molar-refractivity contribution in [1.29, 1.82) is 0 Å². The Balaban J connectivity index is 1.50. The molecule has 10 nitrogen and oxygen atoms in total. The van der Waals surface area contributed by atoms with Gasteiger partial charge in [0.1, 0.15) is 5.69 Å². The molecule has 1 amide bonds. The van der Waals surface area contributed by atoms with E-state index in [2.05, 4.69) is 5.10 Å². The molecule has 1 saturated carbocycles. The van der Waals surface area contributed by atoms with Gasteiger partial charge in [-0.25, -0.2) is 13.2 Å². The van der Waals surface area contributed by atoms with E-state index in [9.17, 15) is 18.0 Å². The Kier molecular flexibility index (Phi) is 5.45. The van der Waals surface area contributed by atoms with Crippen LogP contribution in [0.5, 0.6) is 0 Å². The van der Waals surface area contributed by atoms with Crippen LogP contribution >= 0.6 is 0 Å². The van der Waals surface area contributed by atoms with Gasteiger partial charge < -0.3 is 19.1 Å². The number of hydrogen-bond donors (Lipinski definition) is 0. The zero-order valence-corrected chi connectivity index (χ0v) is 20.1. The summed E-state index contributed by atoms with van der Waals surface area (Å²) in [5.41, 5.74) is 0.369. The third kappa shape index (κ3) is 3.94. The minimum atomic E-state index is -3.52. The van der Waals surface area contributed by atoms with Crippen LogP contribution in [0.4, 0.5) is 0 Å². The Bertz CT molecular complexity index is 1050. The largest absolute Gasteiger partial charge is 0.464 e. The summed E-state index contributed by atoms with van der Waals surface area (Å²) >= 11 is 0. The van der Waals surface area contributed by atoms with Crippen LogP contribution < -0.4 is 0 Å². The fourth-order valence-corrected chi connectivity index (χ4v) is 6.98. The molecule has 3 aliphatic rings. The van der Waals surface area contributed by atoms with Gasteiger partial charge in [-0.1, -0.05) is 6.92 Å². The Hall–Kier alpha value is -1.98. The van der Waals surface area contributed by atoms with Gasteiger partial charge >= 0.3 is 5.97 Å². The third-order valence-corrected chi connectivity index (χ3v) is 9.60. The maximum atomic E-state index is 13.4. The second-order valence-corrected chi connectivity index (χ2v) is 12.4. The lowest BCUT2D eigenvalue weighted by molar-refractivity contribution is -0.278. The predicted molar refractivity (Wildman–Crippen MR) is 114 cm³/mol. The normalized spacial score (nSPS) is 23.5. The van der Waals surface area contributed by atoms with Gasteiger partial charge in [0.05, 0.1) is 30.8 Å². The number of esters is 1. The molecule has 0 bridgehead atoms. The molecular formula is C21H31N3O7S. The van der Waals surface area contributed by atoms with Crippen LogP contribution in [0.1, 0.15) is 60.2 Å². The van der Waals surface area contributed by atoms with Crippen molar-refractivity contribution >= 4 is 21.7 Å². The fourth-order valence-electron chi connectivity index (χ4n) is 4.51. The second-order valence-electron chi connectivity index (χ2n) is 10.00. The molecule has 1 aromatic heterocycles. The number of rotatable bonds is 6. The minimum absolute atomic E-state index is 0.0540. The van der Waals surface area contributed by atoms with Crippen molar-refractivity contribution in [2.24, 2.45) is 12.5 Å². The van der Waals surface area contributed by atoms with E-state index in [4.69, 9.17) is 14.2 Å². The topological polar surface area (TPSA) is 117 Å². The zero-order valence-electron chi connectivity index (χ0n) is 19.3. The minimum Gasteiger partial charge on any atom is -0.464 e. The van der Waals surface area contributed by atoms with Crippen molar-refractivity contribution in [2.45, 2.75) is 50.6 Å². The number of hydrogen-bond acceptors (Lipinski definition) is 8. The van der Waals surface area contributed by atoms with E-state index < -0.39 is 31.8 Å². The van der Waals surface area contributed by atoms with Crippen molar-refractivity contribution < 1.29 is 32.2 Å². The quantitative estimate of drug-likeness (QED) is 0.565. The summed E-state index contributed by atoms with van der Waals surface area (Å²) in [6.07, 6.45) is 1.46. The van der Waals surface area contributed by atoms with Crippen LogP contribution in [0.25, 0.3) is 0 Å². The molecular weight excluding hydrogens is 438 g/mol. The molecule has 0 atom stereocenters. The van der Waals surface area contributed by atoms with Gasteiger partial charge in [-0.3, -0.25) is 9.48 Å². The summed E-state index contributed by atoms with van der Waals surface area (Å²) in [4.78, 5) is 26.8. The van der Waals surface area contributed by atoms with E-state index in [0.717, 1.165) is 0 Å². The third-order valence-electron chi connectivity index (χ3n) is 6.67. The molecule has 0 spiro atoms. The van der Waals surface area contributed by atoms with E-state index in [0.29, 0.717) is 50.3 Å². The average Bonchev–Trinajstić information content (AvgIpc) is 3.43. The number of nitrogens with zero attached hydrogens (tertiary/aromatic N) is 3. The first-order chi connectivity index (χ1) is 14.8. The Labute approximate surface area is 188 Å². The van der Waals surface area contributed by atoms with Gasteiger partial charge in [0.25, 0.3) is 5.91 Å². The molecule has 0 unspecified atom stereocenters. The maximum absolute atomic E-state index is 13.4. The average molecular weight is 470 g/mol. The summed E-state index contributed by atoms with van der Waals surface area (Å²) in [5.74, 6) is -1.67. The van der Waals surface area contributed by atoms with Crippen LogP contribution in [-0.2, 0) is 37.5 Å². The van der Waals surface area contributed by atoms with E-state index >= 15 is 0 Å². The number of sulfone groups is 1. The molecule has 2 aliphatic heterocycles. The second kappa shape index (κ2) is 7.53. The molecule has 1 aliphatic carbocycles. The van der Waals surface area contributed by atoms with Crippen molar-refractivity contribution in [3.63, 3.8) is 0 Å². The highest BCUT2D eigenvalue weighted by molar-refractivity contribution is 7.93. The van der Waals surface area contributed by atoms with Gasteiger partial charge in [0.15, 0.2) is 21.3 Å². The highest BCUT2D eigenvalue weighted by Crippen LogP contribution is 2.47. The monoisotopic (exact) mass is 469 g/mol. The van der Waals surface area contributed by atoms with Crippen LogP contribution in [0.2, 0.25) is 0 Å². The lowest BCUT2D eigenvalue weighted by atomic mass is 9.94. The Morgan fingerprint density at radius 2 is 1.81 bits per heavy atom. The van der Waals surface area contributed by atoms with Gasteiger partial charge in [-0.15, -0.1) is 0 Å². The van der Waals surface area contributed by atoms with Crippen LogP contribution in [0.3, 0.4) is 0 Å². The van der Waals surface area contributed by atoms with Crippen LogP contribution in [0.15, 0.2) is 0 Å². The summed E-state index contributed by atoms with van der Waals surface area (Å²) in [6, 6.07) is 0. The molecule has 0 N–H and O–H groups in total. The summed E-state index contributed by atoms with van der Waals surface area (Å²) in [5, 5.41) is 4.16. The number of fused-ring (bicyclic) bond motifs is 1. The lowest BCUT2D eigenvalue weighted by Crippen LogP contribution is -2.51. The predicted octanol–water partition coefficient (Wildman–Crippen LogP) is 0.942. The highest BCUT2D eigenvalue weighted by atomic mass is 32.2. The molecule has 0 radical (unpaired) electrons. The van der Waals surface area contributed by atoms with E-state index in [1.165, 1.54) is 11.8 Å². The molecule has 4 rings (SSSR count). The lowest BCUT2D eigenvalue weighted by Gasteiger charge is -2.42. The van der Waals surface area contributed by atoms with Crippen molar-refractivity contribution in [1.82, 2.24) is 14.7 Å². The molecule has 3 heterocycles. The van der Waals surface area contributed by atoms with E-state index in [1.54, 1.807) is 11.9 Å². The first-order valence-electron chi connectivity index (χ1n) is 10.8. The number of ether oxygens (including phenoxy) is 3. The first kappa shape index (κ1) is 23.2. The van der Waals surface area contributed by atoms with Gasteiger partial charge in [0.2, 0.25) is 0 Å². The number of aryl methyl sites for hydroxylation is 1. The van der Waals surface area contributed by atoms with Gasteiger partial charge in [-0.2, -0.15) is 5.10 Å². The Morgan fingerprint density at radius 3 is 2.38 bits per heavy atom. The smallest absolute Gasteiger partial charge is 0.358 e. The van der Waals surface area contributed by atoms with Crippen molar-refractivity contribution in [3.05, 3.63) is 17.0 Å². The number of carbonyl (C=O) groups excluding carboxylic acids is 2. The molecule has 11 heteroatoms. The molecule has 178 valence electrons. The summed E-state index contributed by atoms with van der Waals surface area (Å²) in [6.45, 7) is 6.54. The van der Waals surface area contributed by atoms with Crippen LogP contribution in [0, 0.1) is 5.41 Å². The number of aromatic nitrogens is 2. The van der Waals surface area contributed by atoms with Crippen molar-refractivity contribution in [3.8, 4) is 0 Å². The summed E-state index contributed by atoms with van der Waals surface area (Å²) < 4.78 is 43.5. The molecule has 2 fully saturated rings. The van der Waals surface area contributed by atoms with E-state index in [-0.39, 0.29) is 23.9 Å². The molecule has 0 aromatic carbocycles. The Morgan fingerprint density at radius 1 is 1.19 bits per heavy atom. The maximum Gasteiger partial charge on any atom is 0.358 e. The molecule has 1 saturated heterocycles. The van der Waals surface area contributed by atoms with Gasteiger partial charge in [0, 0.05) is 31.1 Å². The van der Waals surface area contributed by atoms with Crippen molar-refractivity contribution in [2.75, 3.05) is 39.2 Å². The molecule has 32 heavy (non-hydrogen) atoms. The van der Waals surface area contributed by atoms with Gasteiger partial charge in [-0.05, 0) is 33.1 Å². The summed E-state index contributed by atoms with van der Waals surface area (Å²) in [7, 11) is -0.648. The fraction of sp³-hybridized carbons (Fsp3) is 0.762. The van der Waals surface area contributed by atoms with Crippen LogP contribution in [-0.4, -0.2) is 84.7 Å². The zero-order chi connectivity index (χ0) is 23.5. The SMILES string of the molecule is COC(=O)c1nn(C)c2c1CCN(CC1(S(=O)(=O)CC3(C)COC(C)(C)OC3)CC1)C2=O. The van der Waals surface area contributed by atoms with E-state index in [1.807, 2.05) is 20.8 Å². The first-order valence-corrected chi connectivity index (χ1v) is 12.4. The number of methoxy groups -OCH3 is 1. The number of carbonyl (C=O) groups is 2. The standard InChI is InChI=1S/C21H31N3O7S/c1-19(2)30-11-20(3,12-31-19)13-32(27,28)21(7-8-21)10-24-9-6-14-15(18(26)29-5)22-23(4)16(14)17(24)25/h6-13H2,1-5H3.